The highest BCUT2D eigenvalue weighted by Crippen LogP contribution is 2.43. The third kappa shape index (κ3) is 2.32. The molecule has 0 amide bonds. The average Bonchev–Trinajstić information content (AvgIpc) is 2.94. The summed E-state index contributed by atoms with van der Waals surface area (Å²) in [5, 5.41) is 0. The lowest BCUT2D eigenvalue weighted by Crippen LogP contribution is -2.08. The first-order chi connectivity index (χ1) is 10.8. The number of nitrogens with two attached hydrogens (primary N) is 1. The van der Waals surface area contributed by atoms with Gasteiger partial charge in [0, 0.05) is 16.0 Å². The molecule has 6 heteroatoms. The van der Waals surface area contributed by atoms with Crippen molar-refractivity contribution in [2.45, 2.75) is 6.92 Å². The third-order valence-corrected chi connectivity index (χ3v) is 4.51. The van der Waals surface area contributed by atoms with E-state index in [1.54, 1.807) is 11.3 Å². The first-order valence-electron chi connectivity index (χ1n) is 6.88. The van der Waals surface area contributed by atoms with Crippen LogP contribution in [0.3, 0.4) is 0 Å². The number of nitrogens with one attached hydrogen (secondary N) is 1. The summed E-state index contributed by atoms with van der Waals surface area (Å²) in [5.41, 5.74) is 5.44. The number of ether oxygens (including phenoxy) is 1. The van der Waals surface area contributed by atoms with Crippen molar-refractivity contribution in [1.82, 2.24) is 9.97 Å². The number of anilines is 1. The molecule has 1 aromatic carbocycles. The number of benzene rings is 1. The van der Waals surface area contributed by atoms with Crippen LogP contribution in [0.2, 0.25) is 0 Å². The molecule has 5 nitrogen and oxygen atoms in total. The van der Waals surface area contributed by atoms with Crippen LogP contribution in [0.5, 0.6) is 5.75 Å². The standard InChI is InChI=1S/C16H16N4OS/c1-3-10-13-15(16(20-17)19-9-18-13)22-14(10)11-7-5-6-8-12(11)21-4-2/h3,5-9H,1,4,17H2,2H3,(H,18,19,20). The van der Waals surface area contributed by atoms with Gasteiger partial charge in [-0.15, -0.1) is 11.3 Å². The fourth-order valence-corrected chi connectivity index (χ4v) is 3.60. The molecule has 2 heterocycles. The van der Waals surface area contributed by atoms with E-state index in [4.69, 9.17) is 10.6 Å². The fourth-order valence-electron chi connectivity index (χ4n) is 2.35. The highest BCUT2D eigenvalue weighted by atomic mass is 32.1. The molecule has 0 fully saturated rings. The van der Waals surface area contributed by atoms with Crippen LogP contribution in [0.1, 0.15) is 12.5 Å². The molecule has 3 rings (SSSR count). The number of nitrogen functional groups attached to an aromatic ring is 1. The Labute approximate surface area is 132 Å². The lowest BCUT2D eigenvalue weighted by molar-refractivity contribution is 0.341. The van der Waals surface area contributed by atoms with Gasteiger partial charge in [-0.25, -0.2) is 15.8 Å². The van der Waals surface area contributed by atoms with Gasteiger partial charge in [0.25, 0.3) is 0 Å². The Morgan fingerprint density at radius 2 is 2.18 bits per heavy atom. The Hall–Kier alpha value is -2.44. The van der Waals surface area contributed by atoms with Crippen molar-refractivity contribution in [2.75, 3.05) is 12.0 Å². The number of aromatic nitrogens is 2. The predicted octanol–water partition coefficient (Wildman–Crippen LogP) is 3.69. The monoisotopic (exact) mass is 312 g/mol. The second-order valence-electron chi connectivity index (χ2n) is 4.52. The molecule has 22 heavy (non-hydrogen) atoms. The maximum absolute atomic E-state index is 5.74. The van der Waals surface area contributed by atoms with Crippen LogP contribution in [0, 0.1) is 0 Å². The number of hydrogen-bond donors (Lipinski definition) is 2. The number of para-hydroxylation sites is 1. The molecule has 0 saturated heterocycles. The molecular weight excluding hydrogens is 296 g/mol. The smallest absolute Gasteiger partial charge is 0.161 e. The quantitative estimate of drug-likeness (QED) is 0.555. The lowest BCUT2D eigenvalue weighted by atomic mass is 10.1. The third-order valence-electron chi connectivity index (χ3n) is 3.28. The largest absolute Gasteiger partial charge is 0.493 e. The van der Waals surface area contributed by atoms with Crippen molar-refractivity contribution in [2.24, 2.45) is 5.84 Å². The second kappa shape index (κ2) is 6.13. The van der Waals surface area contributed by atoms with E-state index >= 15 is 0 Å². The van der Waals surface area contributed by atoms with E-state index in [1.807, 2.05) is 37.3 Å². The van der Waals surface area contributed by atoms with Crippen LogP contribution in [-0.2, 0) is 0 Å². The van der Waals surface area contributed by atoms with E-state index in [0.717, 1.165) is 32.0 Å². The van der Waals surface area contributed by atoms with Crippen LogP contribution in [0.15, 0.2) is 37.2 Å². The molecule has 0 aliphatic rings. The molecule has 0 spiro atoms. The zero-order valence-electron chi connectivity index (χ0n) is 12.2. The van der Waals surface area contributed by atoms with Crippen LogP contribution in [0.4, 0.5) is 5.82 Å². The number of fused-ring (bicyclic) bond motifs is 1. The molecule has 0 aliphatic heterocycles. The van der Waals surface area contributed by atoms with E-state index in [-0.39, 0.29) is 0 Å². The van der Waals surface area contributed by atoms with E-state index in [9.17, 15) is 0 Å². The highest BCUT2D eigenvalue weighted by molar-refractivity contribution is 7.23. The molecule has 3 N–H and O–H groups in total. The molecule has 2 aromatic heterocycles. The lowest BCUT2D eigenvalue weighted by Gasteiger charge is -2.09. The maximum Gasteiger partial charge on any atom is 0.161 e. The summed E-state index contributed by atoms with van der Waals surface area (Å²) in [5.74, 6) is 7.00. The summed E-state index contributed by atoms with van der Waals surface area (Å²) in [4.78, 5) is 9.59. The zero-order chi connectivity index (χ0) is 15.5. The predicted molar refractivity (Wildman–Crippen MR) is 91.9 cm³/mol. The van der Waals surface area contributed by atoms with E-state index in [0.29, 0.717) is 12.4 Å². The van der Waals surface area contributed by atoms with Gasteiger partial charge in [0.2, 0.25) is 0 Å². The van der Waals surface area contributed by atoms with Gasteiger partial charge in [0.1, 0.15) is 12.1 Å². The van der Waals surface area contributed by atoms with Crippen molar-refractivity contribution in [3.63, 3.8) is 0 Å². The topological polar surface area (TPSA) is 73.1 Å². The summed E-state index contributed by atoms with van der Waals surface area (Å²) in [6.45, 7) is 6.51. The summed E-state index contributed by atoms with van der Waals surface area (Å²) in [6.07, 6.45) is 3.31. The highest BCUT2D eigenvalue weighted by Gasteiger charge is 2.18. The van der Waals surface area contributed by atoms with Gasteiger partial charge in [0.15, 0.2) is 5.82 Å². The Morgan fingerprint density at radius 3 is 2.91 bits per heavy atom. The van der Waals surface area contributed by atoms with Gasteiger partial charge in [0.05, 0.1) is 16.8 Å². The minimum absolute atomic E-state index is 0.609. The van der Waals surface area contributed by atoms with Gasteiger partial charge < -0.3 is 10.2 Å². The zero-order valence-corrected chi connectivity index (χ0v) is 13.0. The van der Waals surface area contributed by atoms with Crippen LogP contribution in [-0.4, -0.2) is 16.6 Å². The molecule has 0 saturated carbocycles. The Balaban J connectivity index is 2.30. The number of hydrazine groups is 1. The van der Waals surface area contributed by atoms with E-state index < -0.39 is 0 Å². The summed E-state index contributed by atoms with van der Waals surface area (Å²) in [6, 6.07) is 7.94. The second-order valence-corrected chi connectivity index (χ2v) is 5.54. The molecule has 0 atom stereocenters. The van der Waals surface area contributed by atoms with Crippen LogP contribution < -0.4 is 16.0 Å². The number of thiophene rings is 1. The Bertz CT molecular complexity index is 828. The van der Waals surface area contributed by atoms with Gasteiger partial charge in [-0.3, -0.25) is 0 Å². The van der Waals surface area contributed by atoms with Gasteiger partial charge in [-0.05, 0) is 19.1 Å². The number of nitrogens with zero attached hydrogens (tertiary/aromatic N) is 2. The first kappa shape index (κ1) is 14.5. The Kier molecular flexibility index (Phi) is 4.04. The van der Waals surface area contributed by atoms with Crippen molar-refractivity contribution in [3.8, 4) is 16.2 Å². The molecule has 112 valence electrons. The Morgan fingerprint density at radius 1 is 1.36 bits per heavy atom. The molecule has 0 radical (unpaired) electrons. The fraction of sp³-hybridized carbons (Fsp3) is 0.125. The van der Waals surface area contributed by atoms with Crippen molar-refractivity contribution >= 4 is 33.4 Å². The molecule has 0 unspecified atom stereocenters. The van der Waals surface area contributed by atoms with Crippen LogP contribution in [0.25, 0.3) is 26.7 Å². The molecule has 3 aromatic rings. The average molecular weight is 312 g/mol. The first-order valence-corrected chi connectivity index (χ1v) is 7.70. The van der Waals surface area contributed by atoms with E-state index in [2.05, 4.69) is 22.0 Å². The molecular formula is C16H16N4OS. The van der Waals surface area contributed by atoms with Crippen LogP contribution >= 0.6 is 11.3 Å². The molecule has 0 bridgehead atoms. The number of rotatable bonds is 5. The van der Waals surface area contributed by atoms with Crippen molar-refractivity contribution in [1.29, 1.82) is 0 Å². The normalized spacial score (nSPS) is 10.6. The SMILES string of the molecule is C=Cc1c(-c2ccccc2OCC)sc2c(NN)ncnc12. The van der Waals surface area contributed by atoms with E-state index in [1.165, 1.54) is 6.33 Å². The minimum atomic E-state index is 0.609. The number of hydrogen-bond acceptors (Lipinski definition) is 6. The maximum atomic E-state index is 5.74. The summed E-state index contributed by atoms with van der Waals surface area (Å²) in [7, 11) is 0. The van der Waals surface area contributed by atoms with Gasteiger partial charge in [-0.1, -0.05) is 24.8 Å². The summed E-state index contributed by atoms with van der Waals surface area (Å²) < 4.78 is 6.64. The van der Waals surface area contributed by atoms with Crippen molar-refractivity contribution < 1.29 is 4.74 Å². The summed E-state index contributed by atoms with van der Waals surface area (Å²) >= 11 is 1.57. The van der Waals surface area contributed by atoms with Gasteiger partial charge in [-0.2, -0.15) is 0 Å². The van der Waals surface area contributed by atoms with Crippen molar-refractivity contribution in [3.05, 3.63) is 42.7 Å². The molecule has 0 aliphatic carbocycles. The van der Waals surface area contributed by atoms with Gasteiger partial charge >= 0.3 is 0 Å². The minimum Gasteiger partial charge on any atom is -0.493 e.